The minimum absolute atomic E-state index is 0.186. The first-order valence-electron chi connectivity index (χ1n) is 11.7. The van der Waals surface area contributed by atoms with Crippen LogP contribution in [0.25, 0.3) is 0 Å². The number of thiophene rings is 1. The molecule has 2 aromatic heterocycles. The van der Waals surface area contributed by atoms with E-state index in [0.29, 0.717) is 43.7 Å². The van der Waals surface area contributed by atoms with Gasteiger partial charge in [0, 0.05) is 36.1 Å². The van der Waals surface area contributed by atoms with Gasteiger partial charge in [-0.15, -0.1) is 11.3 Å². The lowest BCUT2D eigenvalue weighted by Crippen LogP contribution is -2.38. The third-order valence-electron chi connectivity index (χ3n) is 6.26. The van der Waals surface area contributed by atoms with Gasteiger partial charge in [-0.1, -0.05) is 25.0 Å². The van der Waals surface area contributed by atoms with Crippen LogP contribution in [0, 0.1) is 13.8 Å². The average Bonchev–Trinajstić information content (AvgIpc) is 3.57. The highest BCUT2D eigenvalue weighted by molar-refractivity contribution is 7.09. The predicted octanol–water partition coefficient (Wildman–Crippen LogP) is 5.51. The van der Waals surface area contributed by atoms with Gasteiger partial charge in [-0.25, -0.2) is 0 Å². The summed E-state index contributed by atoms with van der Waals surface area (Å²) in [6.07, 6.45) is 4.97. The molecule has 2 heterocycles. The number of amides is 1. The summed E-state index contributed by atoms with van der Waals surface area (Å²) in [6.45, 7) is 5.72. The van der Waals surface area contributed by atoms with Gasteiger partial charge >= 0.3 is 0 Å². The summed E-state index contributed by atoms with van der Waals surface area (Å²) in [4.78, 5) is 16.6. The summed E-state index contributed by atoms with van der Waals surface area (Å²) >= 11 is 1.67. The molecule has 0 radical (unpaired) electrons. The van der Waals surface area contributed by atoms with Crippen LogP contribution >= 0.6 is 11.3 Å². The Hall–Kier alpha value is -2.80. The second-order valence-corrected chi connectivity index (χ2v) is 9.75. The van der Waals surface area contributed by atoms with Crippen molar-refractivity contribution in [3.8, 4) is 11.5 Å². The molecule has 1 fully saturated rings. The second kappa shape index (κ2) is 10.9. The number of benzene rings is 1. The molecule has 176 valence electrons. The van der Waals surface area contributed by atoms with E-state index < -0.39 is 0 Å². The number of aromatic nitrogens is 2. The molecule has 1 saturated carbocycles. The average molecular weight is 468 g/mol. The molecule has 3 aromatic rings. The van der Waals surface area contributed by atoms with E-state index in [1.165, 1.54) is 12.8 Å². The summed E-state index contributed by atoms with van der Waals surface area (Å²) in [5.41, 5.74) is 3.14. The summed E-state index contributed by atoms with van der Waals surface area (Å²) in [7, 11) is 1.65. The van der Waals surface area contributed by atoms with Crippen molar-refractivity contribution in [2.45, 2.75) is 71.7 Å². The maximum Gasteiger partial charge on any atom is 0.224 e. The van der Waals surface area contributed by atoms with Gasteiger partial charge in [-0.05, 0) is 61.9 Å². The summed E-state index contributed by atoms with van der Waals surface area (Å²) in [5.74, 6) is 1.61. The maximum absolute atomic E-state index is 13.3. The Balaban J connectivity index is 1.47. The quantitative estimate of drug-likeness (QED) is 0.394. The molecule has 1 amide bonds. The molecule has 0 bridgehead atoms. The molecule has 0 unspecified atom stereocenters. The molecule has 33 heavy (non-hydrogen) atoms. The van der Waals surface area contributed by atoms with E-state index in [2.05, 4.69) is 16.1 Å². The van der Waals surface area contributed by atoms with E-state index >= 15 is 0 Å². The third kappa shape index (κ3) is 5.96. The highest BCUT2D eigenvalue weighted by Gasteiger charge is 2.27. The van der Waals surface area contributed by atoms with E-state index in [9.17, 15) is 4.79 Å². The first-order valence-corrected chi connectivity index (χ1v) is 12.5. The van der Waals surface area contributed by atoms with Gasteiger partial charge in [0.15, 0.2) is 11.5 Å². The van der Waals surface area contributed by atoms with Crippen molar-refractivity contribution < 1.29 is 14.3 Å². The number of nitrogens with zero attached hydrogens (tertiary/aromatic N) is 3. The van der Waals surface area contributed by atoms with Crippen LogP contribution in [-0.2, 0) is 24.5 Å². The van der Waals surface area contributed by atoms with Crippen molar-refractivity contribution in [1.29, 1.82) is 0 Å². The number of hydrogen-bond donors (Lipinski definition) is 0. The van der Waals surface area contributed by atoms with Gasteiger partial charge in [0.1, 0.15) is 6.61 Å². The van der Waals surface area contributed by atoms with E-state index in [4.69, 9.17) is 9.47 Å². The molecule has 6 nitrogen and oxygen atoms in total. The van der Waals surface area contributed by atoms with Gasteiger partial charge < -0.3 is 14.4 Å². The lowest BCUT2D eigenvalue weighted by Gasteiger charge is -2.29. The van der Waals surface area contributed by atoms with E-state index in [-0.39, 0.29) is 5.91 Å². The van der Waals surface area contributed by atoms with Crippen LogP contribution in [0.1, 0.15) is 53.9 Å². The van der Waals surface area contributed by atoms with Crippen LogP contribution in [0.5, 0.6) is 11.5 Å². The zero-order valence-electron chi connectivity index (χ0n) is 19.8. The smallest absolute Gasteiger partial charge is 0.224 e. The molecule has 0 saturated heterocycles. The number of carbonyl (C=O) groups excluding carboxylic acids is 1. The minimum Gasteiger partial charge on any atom is -0.493 e. The fourth-order valence-corrected chi connectivity index (χ4v) is 5.17. The zero-order valence-corrected chi connectivity index (χ0v) is 20.6. The number of methoxy groups -OCH3 is 1. The molecule has 0 spiro atoms. The van der Waals surface area contributed by atoms with Gasteiger partial charge in [0.25, 0.3) is 0 Å². The Morgan fingerprint density at radius 3 is 2.67 bits per heavy atom. The number of carbonyl (C=O) groups is 1. The number of aryl methyl sites for hydroxylation is 3. The molecule has 1 aromatic carbocycles. The van der Waals surface area contributed by atoms with Crippen molar-refractivity contribution in [3.63, 3.8) is 0 Å². The van der Waals surface area contributed by atoms with Crippen LogP contribution in [-0.4, -0.2) is 33.7 Å². The monoisotopic (exact) mass is 467 g/mol. The molecule has 0 aliphatic heterocycles. The van der Waals surface area contributed by atoms with Crippen molar-refractivity contribution in [1.82, 2.24) is 14.7 Å². The second-order valence-electron chi connectivity index (χ2n) is 8.71. The number of ether oxygens (including phenoxy) is 2. The SMILES string of the molecule is COc1ccc(CN(C(=O)CCn2nc(C)cc2C)C2CCCC2)cc1OCc1cccs1. The van der Waals surface area contributed by atoms with E-state index in [1.807, 2.05) is 54.2 Å². The van der Waals surface area contributed by atoms with Crippen LogP contribution in [0.4, 0.5) is 0 Å². The van der Waals surface area contributed by atoms with Crippen LogP contribution in [0.2, 0.25) is 0 Å². The number of rotatable bonds is 10. The molecule has 0 atom stereocenters. The molecule has 4 rings (SSSR count). The minimum atomic E-state index is 0.186. The highest BCUT2D eigenvalue weighted by Crippen LogP contribution is 2.31. The topological polar surface area (TPSA) is 56.6 Å². The Morgan fingerprint density at radius 1 is 1.18 bits per heavy atom. The summed E-state index contributed by atoms with van der Waals surface area (Å²) < 4.78 is 13.5. The largest absolute Gasteiger partial charge is 0.493 e. The van der Waals surface area contributed by atoms with Crippen molar-refractivity contribution in [2.75, 3.05) is 7.11 Å². The molecular formula is C26H33N3O3S. The fraction of sp³-hybridized carbons (Fsp3) is 0.462. The normalized spacial score (nSPS) is 13.9. The highest BCUT2D eigenvalue weighted by atomic mass is 32.1. The van der Waals surface area contributed by atoms with Crippen molar-refractivity contribution >= 4 is 17.2 Å². The van der Waals surface area contributed by atoms with E-state index in [1.54, 1.807) is 18.4 Å². The Kier molecular flexibility index (Phi) is 7.70. The Bertz CT molecular complexity index is 1050. The molecule has 1 aliphatic carbocycles. The Labute approximate surface area is 200 Å². The first kappa shape index (κ1) is 23.4. The number of hydrogen-bond acceptors (Lipinski definition) is 5. The van der Waals surface area contributed by atoms with Gasteiger partial charge in [0.05, 0.1) is 12.8 Å². The molecule has 0 N–H and O–H groups in total. The van der Waals surface area contributed by atoms with Gasteiger partial charge in [0.2, 0.25) is 5.91 Å². The summed E-state index contributed by atoms with van der Waals surface area (Å²) in [5, 5.41) is 6.56. The molecule has 7 heteroatoms. The zero-order chi connectivity index (χ0) is 23.2. The van der Waals surface area contributed by atoms with Gasteiger partial charge in [-0.2, -0.15) is 5.10 Å². The van der Waals surface area contributed by atoms with Gasteiger partial charge in [-0.3, -0.25) is 9.48 Å². The Morgan fingerprint density at radius 2 is 2.00 bits per heavy atom. The standard InChI is InChI=1S/C26H33N3O3S/c1-19-15-20(2)29(27-19)13-12-26(30)28(22-7-4-5-8-22)17-21-10-11-24(31-3)25(16-21)32-18-23-9-6-14-33-23/h6,9-11,14-16,22H,4-5,7-8,12-13,17-18H2,1-3H3. The molecule has 1 aliphatic rings. The lowest BCUT2D eigenvalue weighted by atomic mass is 10.1. The van der Waals surface area contributed by atoms with Crippen LogP contribution in [0.15, 0.2) is 41.8 Å². The fourth-order valence-electron chi connectivity index (χ4n) is 4.56. The van der Waals surface area contributed by atoms with Crippen LogP contribution < -0.4 is 9.47 Å². The van der Waals surface area contributed by atoms with Crippen molar-refractivity contribution in [2.24, 2.45) is 0 Å². The predicted molar refractivity (Wildman–Crippen MR) is 131 cm³/mol. The van der Waals surface area contributed by atoms with E-state index in [0.717, 1.165) is 34.7 Å². The lowest BCUT2D eigenvalue weighted by molar-refractivity contribution is -0.134. The third-order valence-corrected chi connectivity index (χ3v) is 7.11. The molecular weight excluding hydrogens is 434 g/mol. The van der Waals surface area contributed by atoms with Crippen molar-refractivity contribution in [3.05, 3.63) is 63.6 Å². The maximum atomic E-state index is 13.3. The first-order chi connectivity index (χ1) is 16.0. The summed E-state index contributed by atoms with van der Waals surface area (Å²) in [6, 6.07) is 12.4. The van der Waals surface area contributed by atoms with Crippen LogP contribution in [0.3, 0.4) is 0 Å².